The summed E-state index contributed by atoms with van der Waals surface area (Å²) in [6.45, 7) is -0.511. The van der Waals surface area contributed by atoms with Gasteiger partial charge in [-0.15, -0.1) is 0 Å². The summed E-state index contributed by atoms with van der Waals surface area (Å²) in [6.07, 6.45) is -4.63. The van der Waals surface area contributed by atoms with E-state index in [0.29, 0.717) is 0 Å². The second kappa shape index (κ2) is 6.03. The predicted molar refractivity (Wildman–Crippen MR) is 54.5 cm³/mol. The summed E-state index contributed by atoms with van der Waals surface area (Å²) in [5.41, 5.74) is 0. The minimum absolute atomic E-state index is 0.804. The molecule has 0 aliphatic heterocycles. The highest BCUT2D eigenvalue weighted by Gasteiger charge is 2.29. The smallest absolute Gasteiger partial charge is 0.405 e. The maximum Gasteiger partial charge on any atom is 0.405 e. The SMILES string of the molecule is CC(CS(=O)(=O)CC(=O)NCC(F)(F)F)C(=O)O. The molecule has 0 heterocycles. The summed E-state index contributed by atoms with van der Waals surface area (Å²) in [6, 6.07) is 0. The van der Waals surface area contributed by atoms with Crippen LogP contribution in [0, 0.1) is 5.92 Å². The monoisotopic (exact) mass is 291 g/mol. The average Bonchev–Trinajstić information content (AvgIpc) is 2.11. The van der Waals surface area contributed by atoms with Crippen LogP contribution in [0.15, 0.2) is 0 Å². The van der Waals surface area contributed by atoms with Gasteiger partial charge >= 0.3 is 12.1 Å². The van der Waals surface area contributed by atoms with E-state index in [1.165, 1.54) is 5.32 Å². The lowest BCUT2D eigenvalue weighted by Crippen LogP contribution is -2.38. The maximum atomic E-state index is 11.7. The number of carboxylic acid groups (broad SMARTS) is 1. The van der Waals surface area contributed by atoms with Gasteiger partial charge in [0.15, 0.2) is 9.84 Å². The zero-order chi connectivity index (χ0) is 14.6. The fourth-order valence-electron chi connectivity index (χ4n) is 0.961. The van der Waals surface area contributed by atoms with E-state index < -0.39 is 51.9 Å². The number of alkyl halides is 3. The van der Waals surface area contributed by atoms with Crippen molar-refractivity contribution in [1.82, 2.24) is 5.32 Å². The van der Waals surface area contributed by atoms with E-state index in [1.807, 2.05) is 0 Å². The van der Waals surface area contributed by atoms with Crippen LogP contribution >= 0.6 is 0 Å². The van der Waals surface area contributed by atoms with Crippen LogP contribution < -0.4 is 5.32 Å². The molecule has 0 saturated carbocycles. The zero-order valence-electron chi connectivity index (χ0n) is 9.32. The quantitative estimate of drug-likeness (QED) is 0.706. The van der Waals surface area contributed by atoms with E-state index in [4.69, 9.17) is 5.11 Å². The molecule has 1 atom stereocenters. The van der Waals surface area contributed by atoms with Crippen molar-refractivity contribution in [3.05, 3.63) is 0 Å². The first kappa shape index (κ1) is 16.7. The number of carbonyl (C=O) groups excluding carboxylic acids is 1. The Morgan fingerprint density at radius 3 is 2.22 bits per heavy atom. The molecule has 10 heteroatoms. The molecule has 0 aliphatic carbocycles. The second-order valence-electron chi connectivity index (χ2n) is 3.69. The summed E-state index contributed by atoms with van der Waals surface area (Å²) >= 11 is 0. The molecule has 6 nitrogen and oxygen atoms in total. The summed E-state index contributed by atoms with van der Waals surface area (Å²) in [7, 11) is -4.05. The highest BCUT2D eigenvalue weighted by atomic mass is 32.2. The van der Waals surface area contributed by atoms with Gasteiger partial charge in [0, 0.05) is 0 Å². The zero-order valence-corrected chi connectivity index (χ0v) is 10.1. The maximum absolute atomic E-state index is 11.7. The summed E-state index contributed by atoms with van der Waals surface area (Å²) in [5.74, 6) is -5.88. The molecule has 1 unspecified atom stereocenters. The molecule has 0 bridgehead atoms. The average molecular weight is 291 g/mol. The number of halogens is 3. The fourth-order valence-corrected chi connectivity index (χ4v) is 2.48. The molecule has 106 valence electrons. The minimum Gasteiger partial charge on any atom is -0.481 e. The lowest BCUT2D eigenvalue weighted by Gasteiger charge is -2.10. The molecule has 0 aromatic heterocycles. The fraction of sp³-hybridized carbons (Fsp3) is 0.750. The molecule has 0 aromatic rings. The van der Waals surface area contributed by atoms with Crippen molar-refractivity contribution in [2.24, 2.45) is 5.92 Å². The molecule has 0 fully saturated rings. The molecule has 2 N–H and O–H groups in total. The third-order valence-corrected chi connectivity index (χ3v) is 3.47. The van der Waals surface area contributed by atoms with E-state index in [2.05, 4.69) is 0 Å². The Balaban J connectivity index is 4.33. The molecule has 0 aromatic carbocycles. The van der Waals surface area contributed by atoms with Crippen molar-refractivity contribution in [2.75, 3.05) is 18.1 Å². The molecule has 18 heavy (non-hydrogen) atoms. The molecule has 0 radical (unpaired) electrons. The van der Waals surface area contributed by atoms with Gasteiger partial charge in [-0.2, -0.15) is 13.2 Å². The highest BCUT2D eigenvalue weighted by Crippen LogP contribution is 2.12. The van der Waals surface area contributed by atoms with Gasteiger partial charge in [0.2, 0.25) is 5.91 Å². The summed E-state index contributed by atoms with van der Waals surface area (Å²) in [5, 5.41) is 9.87. The number of aliphatic carboxylic acids is 1. The van der Waals surface area contributed by atoms with Crippen molar-refractivity contribution in [3.8, 4) is 0 Å². The van der Waals surface area contributed by atoms with Crippen LogP contribution in [0.3, 0.4) is 0 Å². The van der Waals surface area contributed by atoms with Crippen molar-refractivity contribution in [3.63, 3.8) is 0 Å². The Morgan fingerprint density at radius 1 is 1.33 bits per heavy atom. The molecule has 0 spiro atoms. The third kappa shape index (κ3) is 7.87. The van der Waals surface area contributed by atoms with Crippen LogP contribution in [0.4, 0.5) is 13.2 Å². The first-order valence-corrected chi connectivity index (χ1v) is 6.52. The van der Waals surface area contributed by atoms with Crippen LogP contribution in [0.5, 0.6) is 0 Å². The van der Waals surface area contributed by atoms with Gasteiger partial charge in [0.25, 0.3) is 0 Å². The molecular formula is C8H12F3NO5S. The van der Waals surface area contributed by atoms with Crippen molar-refractivity contribution >= 4 is 21.7 Å². The Morgan fingerprint density at radius 2 is 1.83 bits per heavy atom. The summed E-state index contributed by atoms with van der Waals surface area (Å²) in [4.78, 5) is 21.3. The van der Waals surface area contributed by atoms with Crippen LogP contribution in [0.1, 0.15) is 6.92 Å². The van der Waals surface area contributed by atoms with Crippen LogP contribution in [0.25, 0.3) is 0 Å². The highest BCUT2D eigenvalue weighted by molar-refractivity contribution is 7.92. The van der Waals surface area contributed by atoms with Gasteiger partial charge in [-0.25, -0.2) is 8.42 Å². The lowest BCUT2D eigenvalue weighted by molar-refractivity contribution is -0.140. The number of sulfone groups is 1. The Bertz CT molecular complexity index is 417. The van der Waals surface area contributed by atoms with E-state index in [9.17, 15) is 31.2 Å². The first-order valence-electron chi connectivity index (χ1n) is 4.69. The third-order valence-electron chi connectivity index (χ3n) is 1.76. The lowest BCUT2D eigenvalue weighted by atomic mass is 10.2. The van der Waals surface area contributed by atoms with E-state index in [0.717, 1.165) is 6.92 Å². The van der Waals surface area contributed by atoms with Crippen molar-refractivity contribution in [2.45, 2.75) is 13.1 Å². The topological polar surface area (TPSA) is 101 Å². The number of rotatable bonds is 6. The number of carboxylic acids is 1. The summed E-state index contributed by atoms with van der Waals surface area (Å²) < 4.78 is 57.7. The van der Waals surface area contributed by atoms with Crippen molar-refractivity contribution < 1.29 is 36.3 Å². The van der Waals surface area contributed by atoms with Crippen LogP contribution in [-0.4, -0.2) is 49.6 Å². The molecular weight excluding hydrogens is 279 g/mol. The Hall–Kier alpha value is -1.32. The second-order valence-corrected chi connectivity index (χ2v) is 5.79. The molecule has 1 amide bonds. The first-order chi connectivity index (χ1) is 7.93. The minimum atomic E-state index is -4.63. The van der Waals surface area contributed by atoms with E-state index in [1.54, 1.807) is 0 Å². The van der Waals surface area contributed by atoms with E-state index >= 15 is 0 Å². The van der Waals surface area contributed by atoms with Gasteiger partial charge in [0.05, 0.1) is 11.7 Å². The molecule has 0 saturated heterocycles. The van der Waals surface area contributed by atoms with Crippen LogP contribution in [-0.2, 0) is 19.4 Å². The van der Waals surface area contributed by atoms with Crippen LogP contribution in [0.2, 0.25) is 0 Å². The molecule has 0 aliphatic rings. The molecule has 0 rings (SSSR count). The number of hydrogen-bond donors (Lipinski definition) is 2. The normalized spacial score (nSPS) is 14.0. The van der Waals surface area contributed by atoms with Gasteiger partial charge in [-0.3, -0.25) is 9.59 Å². The Kier molecular flexibility index (Phi) is 5.58. The number of hydrogen-bond acceptors (Lipinski definition) is 4. The van der Waals surface area contributed by atoms with Crippen molar-refractivity contribution in [1.29, 1.82) is 0 Å². The standard InChI is InChI=1S/C8H12F3NO5S/c1-5(7(14)15)2-18(16,17)3-6(13)12-4-8(9,10)11/h5H,2-4H2,1H3,(H,12,13)(H,14,15). The Labute approximate surface area is 101 Å². The van der Waals surface area contributed by atoms with Gasteiger partial charge in [0.1, 0.15) is 12.3 Å². The van der Waals surface area contributed by atoms with Gasteiger partial charge in [-0.05, 0) is 0 Å². The van der Waals surface area contributed by atoms with Gasteiger partial charge in [-0.1, -0.05) is 6.92 Å². The number of amides is 1. The van der Waals surface area contributed by atoms with Gasteiger partial charge < -0.3 is 10.4 Å². The largest absolute Gasteiger partial charge is 0.481 e. The number of nitrogens with one attached hydrogen (secondary N) is 1. The van der Waals surface area contributed by atoms with E-state index in [-0.39, 0.29) is 0 Å². The number of carbonyl (C=O) groups is 2. The predicted octanol–water partition coefficient (Wildman–Crippen LogP) is -0.200.